The van der Waals surface area contributed by atoms with E-state index < -0.39 is 0 Å². The fourth-order valence-corrected chi connectivity index (χ4v) is 3.57. The van der Waals surface area contributed by atoms with Crippen LogP contribution in [0.5, 0.6) is 0 Å². The summed E-state index contributed by atoms with van der Waals surface area (Å²) in [5, 5.41) is 0. The van der Waals surface area contributed by atoms with E-state index in [9.17, 15) is 4.79 Å². The van der Waals surface area contributed by atoms with Gasteiger partial charge < -0.3 is 15.5 Å². The van der Waals surface area contributed by atoms with Crippen LogP contribution in [0.15, 0.2) is 24.4 Å². The van der Waals surface area contributed by atoms with Crippen molar-refractivity contribution in [2.45, 2.75) is 38.1 Å². The molecule has 2 N–H and O–H groups in total. The van der Waals surface area contributed by atoms with Gasteiger partial charge in [0.15, 0.2) is 0 Å². The Balaban J connectivity index is 0.00000144. The predicted octanol–water partition coefficient (Wildman–Crippen LogP) is 2.48. The molecule has 2 fully saturated rings. The number of aromatic nitrogens is 1. The highest BCUT2D eigenvalue weighted by atomic mass is 35.5. The van der Waals surface area contributed by atoms with Crippen LogP contribution in [-0.2, 0) is 4.79 Å². The Morgan fingerprint density at radius 3 is 2.46 bits per heavy atom. The first-order valence-corrected chi connectivity index (χ1v) is 8.43. The number of hydrogen-bond acceptors (Lipinski definition) is 4. The minimum absolute atomic E-state index is 0. The molecule has 1 saturated carbocycles. The zero-order valence-electron chi connectivity index (χ0n) is 14.0. The number of amides is 1. The highest BCUT2D eigenvalue weighted by Gasteiger charge is 2.28. The lowest BCUT2D eigenvalue weighted by molar-refractivity contribution is -0.132. The third-order valence-electron chi connectivity index (χ3n) is 5.01. The van der Waals surface area contributed by atoms with Gasteiger partial charge in [-0.2, -0.15) is 0 Å². The Bertz CT molecular complexity index is 495. The van der Waals surface area contributed by atoms with E-state index in [-0.39, 0.29) is 36.8 Å². The maximum Gasteiger partial charge on any atom is 0.223 e. The topological polar surface area (TPSA) is 62.5 Å². The number of nitrogens with two attached hydrogens (primary N) is 1. The maximum atomic E-state index is 12.5. The molecule has 1 aliphatic heterocycles. The van der Waals surface area contributed by atoms with Gasteiger partial charge in [-0.1, -0.05) is 18.9 Å². The molecular weight excluding hydrogens is 347 g/mol. The normalized spacial score (nSPS) is 23.9. The van der Waals surface area contributed by atoms with Gasteiger partial charge >= 0.3 is 0 Å². The summed E-state index contributed by atoms with van der Waals surface area (Å²) < 4.78 is 0. The number of hydrogen-bond donors (Lipinski definition) is 1. The molecule has 0 spiro atoms. The minimum atomic E-state index is 0. The van der Waals surface area contributed by atoms with E-state index in [0.29, 0.717) is 12.3 Å². The highest BCUT2D eigenvalue weighted by Crippen LogP contribution is 2.26. The highest BCUT2D eigenvalue weighted by molar-refractivity contribution is 5.85. The van der Waals surface area contributed by atoms with Gasteiger partial charge in [0.25, 0.3) is 0 Å². The Hall–Kier alpha value is -1.04. The molecule has 7 heteroatoms. The maximum absolute atomic E-state index is 12.5. The first kappa shape index (κ1) is 21.0. The standard InChI is InChI=1S/C17H26N4O.2ClH/c18-15-6-2-1-5-14(15)13-17(22)21-11-9-20(10-12-21)16-7-3-4-8-19-16;;/h3-4,7-8,14-15H,1-2,5-6,9-13,18H2;2*1H. The third kappa shape index (κ3) is 5.23. The van der Waals surface area contributed by atoms with Crippen LogP contribution in [0, 0.1) is 5.92 Å². The Kier molecular flexibility index (Phi) is 8.81. The molecule has 2 aliphatic rings. The largest absolute Gasteiger partial charge is 0.353 e. The molecule has 2 atom stereocenters. The van der Waals surface area contributed by atoms with Crippen LogP contribution < -0.4 is 10.6 Å². The van der Waals surface area contributed by atoms with Crippen molar-refractivity contribution in [1.29, 1.82) is 0 Å². The molecule has 0 bridgehead atoms. The van der Waals surface area contributed by atoms with E-state index in [0.717, 1.165) is 44.8 Å². The molecule has 2 unspecified atom stereocenters. The smallest absolute Gasteiger partial charge is 0.223 e. The van der Waals surface area contributed by atoms with Crippen LogP contribution in [0.2, 0.25) is 0 Å². The lowest BCUT2D eigenvalue weighted by Gasteiger charge is -2.37. The van der Waals surface area contributed by atoms with Gasteiger partial charge in [-0.3, -0.25) is 4.79 Å². The molecule has 0 aromatic carbocycles. The van der Waals surface area contributed by atoms with Crippen molar-refractivity contribution in [2.75, 3.05) is 31.1 Å². The summed E-state index contributed by atoms with van der Waals surface area (Å²) >= 11 is 0. The zero-order chi connectivity index (χ0) is 15.4. The van der Waals surface area contributed by atoms with E-state index in [2.05, 4.69) is 9.88 Å². The molecule has 24 heavy (non-hydrogen) atoms. The van der Waals surface area contributed by atoms with Gasteiger partial charge in [-0.05, 0) is 30.9 Å². The van der Waals surface area contributed by atoms with Crippen LogP contribution in [-0.4, -0.2) is 48.0 Å². The number of carbonyl (C=O) groups excluding carboxylic acids is 1. The number of carbonyl (C=O) groups is 1. The first-order valence-electron chi connectivity index (χ1n) is 8.43. The van der Waals surface area contributed by atoms with Gasteiger partial charge in [-0.15, -0.1) is 24.8 Å². The lowest BCUT2D eigenvalue weighted by Crippen LogP contribution is -2.50. The number of halogens is 2. The summed E-state index contributed by atoms with van der Waals surface area (Å²) in [7, 11) is 0. The molecule has 1 amide bonds. The third-order valence-corrected chi connectivity index (χ3v) is 5.01. The van der Waals surface area contributed by atoms with Crippen molar-refractivity contribution in [2.24, 2.45) is 11.7 Å². The van der Waals surface area contributed by atoms with Crippen LogP contribution in [0.25, 0.3) is 0 Å². The van der Waals surface area contributed by atoms with Crippen molar-refractivity contribution < 1.29 is 4.79 Å². The zero-order valence-corrected chi connectivity index (χ0v) is 15.6. The summed E-state index contributed by atoms with van der Waals surface area (Å²) in [5.74, 6) is 1.67. The summed E-state index contributed by atoms with van der Waals surface area (Å²) in [4.78, 5) is 21.1. The van der Waals surface area contributed by atoms with Crippen LogP contribution in [0.3, 0.4) is 0 Å². The van der Waals surface area contributed by atoms with Crippen molar-refractivity contribution in [1.82, 2.24) is 9.88 Å². The van der Waals surface area contributed by atoms with Crippen LogP contribution in [0.1, 0.15) is 32.1 Å². The van der Waals surface area contributed by atoms with Crippen molar-refractivity contribution in [3.63, 3.8) is 0 Å². The SMILES string of the molecule is Cl.Cl.NC1CCCCC1CC(=O)N1CCN(c2ccccn2)CC1. The Morgan fingerprint density at radius 2 is 1.83 bits per heavy atom. The number of anilines is 1. The molecule has 1 aromatic heterocycles. The van der Waals surface area contributed by atoms with Gasteiger partial charge in [0, 0.05) is 44.8 Å². The number of pyridine rings is 1. The average molecular weight is 375 g/mol. The van der Waals surface area contributed by atoms with E-state index in [1.54, 1.807) is 0 Å². The van der Waals surface area contributed by atoms with Gasteiger partial charge in [0.05, 0.1) is 0 Å². The Morgan fingerprint density at radius 1 is 1.12 bits per heavy atom. The fourth-order valence-electron chi connectivity index (χ4n) is 3.57. The summed E-state index contributed by atoms with van der Waals surface area (Å²) in [6.45, 7) is 3.30. The van der Waals surface area contributed by atoms with Gasteiger partial charge in [-0.25, -0.2) is 4.98 Å². The second-order valence-electron chi connectivity index (χ2n) is 6.47. The molecule has 3 rings (SSSR count). The molecule has 1 aliphatic carbocycles. The molecule has 136 valence electrons. The van der Waals surface area contributed by atoms with Crippen molar-refractivity contribution >= 4 is 36.5 Å². The monoisotopic (exact) mass is 374 g/mol. The average Bonchev–Trinajstić information content (AvgIpc) is 2.58. The quantitative estimate of drug-likeness (QED) is 0.882. The van der Waals surface area contributed by atoms with E-state index >= 15 is 0 Å². The second-order valence-corrected chi connectivity index (χ2v) is 6.47. The van der Waals surface area contributed by atoms with Crippen LogP contribution in [0.4, 0.5) is 5.82 Å². The predicted molar refractivity (Wildman–Crippen MR) is 102 cm³/mol. The molecular formula is C17H28Cl2N4O. The van der Waals surface area contributed by atoms with Gasteiger partial charge in [0.1, 0.15) is 5.82 Å². The molecule has 1 saturated heterocycles. The van der Waals surface area contributed by atoms with E-state index in [4.69, 9.17) is 5.73 Å². The second kappa shape index (κ2) is 10.1. The summed E-state index contributed by atoms with van der Waals surface area (Å²) in [6.07, 6.45) is 7.07. The lowest BCUT2D eigenvalue weighted by atomic mass is 9.82. The molecule has 1 aromatic rings. The first-order chi connectivity index (χ1) is 10.7. The van der Waals surface area contributed by atoms with E-state index in [1.165, 1.54) is 12.8 Å². The van der Waals surface area contributed by atoms with Crippen molar-refractivity contribution in [3.05, 3.63) is 24.4 Å². The summed E-state index contributed by atoms with van der Waals surface area (Å²) in [5.41, 5.74) is 6.17. The molecule has 5 nitrogen and oxygen atoms in total. The number of nitrogens with zero attached hydrogens (tertiary/aromatic N) is 3. The fraction of sp³-hybridized carbons (Fsp3) is 0.647. The molecule has 0 radical (unpaired) electrons. The van der Waals surface area contributed by atoms with Crippen LogP contribution >= 0.6 is 24.8 Å². The minimum Gasteiger partial charge on any atom is -0.353 e. The van der Waals surface area contributed by atoms with Gasteiger partial charge in [0.2, 0.25) is 5.91 Å². The number of rotatable bonds is 3. The number of piperazine rings is 1. The Labute approximate surface area is 156 Å². The molecule has 2 heterocycles. The van der Waals surface area contributed by atoms with E-state index in [1.807, 2.05) is 29.3 Å². The van der Waals surface area contributed by atoms with Crippen molar-refractivity contribution in [3.8, 4) is 0 Å². The summed E-state index contributed by atoms with van der Waals surface area (Å²) in [6, 6.07) is 6.17.